The summed E-state index contributed by atoms with van der Waals surface area (Å²) in [5, 5.41) is 3.75. The molecule has 0 saturated heterocycles. The zero-order valence-electron chi connectivity index (χ0n) is 10.1. The molecule has 0 aliphatic heterocycles. The maximum atomic E-state index is 6.06. The normalized spacial score (nSPS) is 10.2. The highest BCUT2D eigenvalue weighted by atomic mass is 35.5. The van der Waals surface area contributed by atoms with Gasteiger partial charge in [-0.15, -0.1) is 0 Å². The molecular weight excluding hydrogens is 222 g/mol. The first-order chi connectivity index (χ1) is 7.54. The maximum absolute atomic E-state index is 6.06. The predicted octanol–water partition coefficient (Wildman–Crippen LogP) is 3.38. The summed E-state index contributed by atoms with van der Waals surface area (Å²) in [5.74, 6) is 1.61. The van der Waals surface area contributed by atoms with Crippen LogP contribution in [0.2, 0.25) is 5.15 Å². The SMILES string of the molecule is C=C(C)CNc1nc(CCC)nc(Cl)c1C. The van der Waals surface area contributed by atoms with Crippen LogP contribution in [0, 0.1) is 6.92 Å². The third-order valence-corrected chi connectivity index (χ3v) is 2.53. The van der Waals surface area contributed by atoms with Crippen molar-refractivity contribution in [2.45, 2.75) is 33.6 Å². The fraction of sp³-hybridized carbons (Fsp3) is 0.500. The van der Waals surface area contributed by atoms with Gasteiger partial charge in [0.15, 0.2) is 0 Å². The van der Waals surface area contributed by atoms with E-state index in [0.29, 0.717) is 11.7 Å². The summed E-state index contributed by atoms with van der Waals surface area (Å²) in [7, 11) is 0. The number of hydrogen-bond donors (Lipinski definition) is 1. The Labute approximate surface area is 102 Å². The second-order valence-corrected chi connectivity index (χ2v) is 4.32. The topological polar surface area (TPSA) is 37.8 Å². The lowest BCUT2D eigenvalue weighted by molar-refractivity contribution is 0.831. The lowest BCUT2D eigenvalue weighted by Gasteiger charge is -2.11. The number of nitrogens with one attached hydrogen (secondary N) is 1. The monoisotopic (exact) mass is 239 g/mol. The van der Waals surface area contributed by atoms with Crippen molar-refractivity contribution in [2.75, 3.05) is 11.9 Å². The van der Waals surface area contributed by atoms with E-state index in [2.05, 4.69) is 28.8 Å². The van der Waals surface area contributed by atoms with Gasteiger partial charge in [-0.1, -0.05) is 30.7 Å². The largest absolute Gasteiger partial charge is 0.366 e. The summed E-state index contributed by atoms with van der Waals surface area (Å²) in [6, 6.07) is 0. The first kappa shape index (κ1) is 13.0. The molecule has 1 N–H and O–H groups in total. The zero-order valence-corrected chi connectivity index (χ0v) is 10.9. The number of anilines is 1. The molecule has 16 heavy (non-hydrogen) atoms. The Morgan fingerprint density at radius 2 is 2.12 bits per heavy atom. The molecule has 0 spiro atoms. The maximum Gasteiger partial charge on any atom is 0.137 e. The van der Waals surface area contributed by atoms with E-state index in [1.54, 1.807) is 0 Å². The number of halogens is 1. The molecule has 0 saturated carbocycles. The molecule has 1 aromatic rings. The molecule has 0 atom stereocenters. The van der Waals surface area contributed by atoms with Gasteiger partial charge in [-0.25, -0.2) is 9.97 Å². The molecule has 0 aliphatic rings. The first-order valence-electron chi connectivity index (χ1n) is 5.45. The van der Waals surface area contributed by atoms with Crippen molar-refractivity contribution in [1.82, 2.24) is 9.97 Å². The molecule has 4 heteroatoms. The van der Waals surface area contributed by atoms with E-state index in [1.807, 2.05) is 13.8 Å². The fourth-order valence-corrected chi connectivity index (χ4v) is 1.46. The van der Waals surface area contributed by atoms with Gasteiger partial charge < -0.3 is 5.32 Å². The van der Waals surface area contributed by atoms with Crippen LogP contribution in [0.1, 0.15) is 31.7 Å². The van der Waals surface area contributed by atoms with Gasteiger partial charge in [-0.3, -0.25) is 0 Å². The molecule has 0 fully saturated rings. The predicted molar refractivity (Wildman–Crippen MR) is 69.1 cm³/mol. The van der Waals surface area contributed by atoms with E-state index in [1.165, 1.54) is 0 Å². The van der Waals surface area contributed by atoms with Gasteiger partial charge in [0, 0.05) is 18.5 Å². The third-order valence-electron chi connectivity index (χ3n) is 2.16. The van der Waals surface area contributed by atoms with Gasteiger partial charge in [0.2, 0.25) is 0 Å². The van der Waals surface area contributed by atoms with Gasteiger partial charge >= 0.3 is 0 Å². The molecule has 1 heterocycles. The van der Waals surface area contributed by atoms with E-state index in [-0.39, 0.29) is 0 Å². The minimum absolute atomic E-state index is 0.530. The van der Waals surface area contributed by atoms with Crippen LogP contribution in [0.4, 0.5) is 5.82 Å². The minimum atomic E-state index is 0.530. The minimum Gasteiger partial charge on any atom is -0.366 e. The van der Waals surface area contributed by atoms with Crippen LogP contribution in [0.5, 0.6) is 0 Å². The Bertz CT molecular complexity index is 388. The smallest absolute Gasteiger partial charge is 0.137 e. The van der Waals surface area contributed by atoms with Crippen LogP contribution in [-0.4, -0.2) is 16.5 Å². The van der Waals surface area contributed by atoms with Crippen LogP contribution in [0.15, 0.2) is 12.2 Å². The average molecular weight is 240 g/mol. The van der Waals surface area contributed by atoms with E-state index < -0.39 is 0 Å². The van der Waals surface area contributed by atoms with E-state index in [9.17, 15) is 0 Å². The highest BCUT2D eigenvalue weighted by Crippen LogP contribution is 2.20. The van der Waals surface area contributed by atoms with Crippen molar-refractivity contribution < 1.29 is 0 Å². The third kappa shape index (κ3) is 3.49. The molecule has 3 nitrogen and oxygen atoms in total. The summed E-state index contributed by atoms with van der Waals surface area (Å²) in [6.07, 6.45) is 1.86. The average Bonchev–Trinajstić information content (AvgIpc) is 2.21. The number of hydrogen-bond acceptors (Lipinski definition) is 3. The molecule has 1 rings (SSSR count). The fourth-order valence-electron chi connectivity index (χ4n) is 1.27. The number of nitrogens with zero attached hydrogens (tertiary/aromatic N) is 2. The Morgan fingerprint density at radius 1 is 1.44 bits per heavy atom. The van der Waals surface area contributed by atoms with Crippen molar-refractivity contribution in [3.8, 4) is 0 Å². The number of aromatic nitrogens is 2. The highest BCUT2D eigenvalue weighted by Gasteiger charge is 2.08. The lowest BCUT2D eigenvalue weighted by Crippen LogP contribution is -2.09. The first-order valence-corrected chi connectivity index (χ1v) is 5.83. The van der Waals surface area contributed by atoms with Crippen molar-refractivity contribution in [1.29, 1.82) is 0 Å². The molecule has 0 amide bonds. The summed E-state index contributed by atoms with van der Waals surface area (Å²) in [5.41, 5.74) is 1.95. The summed E-state index contributed by atoms with van der Waals surface area (Å²) in [4.78, 5) is 8.69. The van der Waals surface area contributed by atoms with Gasteiger partial charge in [0.25, 0.3) is 0 Å². The van der Waals surface area contributed by atoms with Crippen LogP contribution in [0.25, 0.3) is 0 Å². The molecular formula is C12H18ClN3. The van der Waals surface area contributed by atoms with Crippen molar-refractivity contribution in [3.63, 3.8) is 0 Å². The molecule has 0 unspecified atom stereocenters. The van der Waals surface area contributed by atoms with E-state index in [4.69, 9.17) is 11.6 Å². The Morgan fingerprint density at radius 3 is 2.69 bits per heavy atom. The van der Waals surface area contributed by atoms with E-state index >= 15 is 0 Å². The second-order valence-electron chi connectivity index (χ2n) is 3.96. The van der Waals surface area contributed by atoms with E-state index in [0.717, 1.165) is 35.6 Å². The Hall–Kier alpha value is -1.09. The standard InChI is InChI=1S/C12H18ClN3/c1-5-6-10-15-11(13)9(4)12(16-10)14-7-8(2)3/h2,5-7H2,1,3-4H3,(H,14,15,16). The van der Waals surface area contributed by atoms with Gasteiger partial charge in [0.1, 0.15) is 16.8 Å². The molecule has 1 aromatic heterocycles. The molecule has 0 radical (unpaired) electrons. The molecule has 0 aliphatic carbocycles. The second kappa shape index (κ2) is 5.85. The zero-order chi connectivity index (χ0) is 12.1. The van der Waals surface area contributed by atoms with Crippen LogP contribution < -0.4 is 5.32 Å². The quantitative estimate of drug-likeness (QED) is 0.632. The number of aryl methyl sites for hydroxylation is 1. The summed E-state index contributed by atoms with van der Waals surface area (Å²) in [6.45, 7) is 10.5. The summed E-state index contributed by atoms with van der Waals surface area (Å²) >= 11 is 6.06. The van der Waals surface area contributed by atoms with Crippen LogP contribution >= 0.6 is 11.6 Å². The van der Waals surface area contributed by atoms with Crippen molar-refractivity contribution >= 4 is 17.4 Å². The molecule has 0 bridgehead atoms. The van der Waals surface area contributed by atoms with Crippen molar-refractivity contribution in [2.24, 2.45) is 0 Å². The highest BCUT2D eigenvalue weighted by molar-refractivity contribution is 6.30. The summed E-state index contributed by atoms with van der Waals surface area (Å²) < 4.78 is 0. The molecule has 0 aromatic carbocycles. The van der Waals surface area contributed by atoms with Crippen LogP contribution in [-0.2, 0) is 6.42 Å². The number of rotatable bonds is 5. The van der Waals surface area contributed by atoms with Crippen LogP contribution in [0.3, 0.4) is 0 Å². The lowest BCUT2D eigenvalue weighted by atomic mass is 10.3. The van der Waals surface area contributed by atoms with Gasteiger partial charge in [-0.05, 0) is 20.3 Å². The van der Waals surface area contributed by atoms with Gasteiger partial charge in [0.05, 0.1) is 0 Å². The Kier molecular flexibility index (Phi) is 4.74. The Balaban J connectivity index is 2.92. The van der Waals surface area contributed by atoms with Crippen molar-refractivity contribution in [3.05, 3.63) is 28.7 Å². The molecule has 88 valence electrons. The van der Waals surface area contributed by atoms with Gasteiger partial charge in [-0.2, -0.15) is 0 Å².